The topological polar surface area (TPSA) is 133 Å². The number of rotatable bonds is 10. The van der Waals surface area contributed by atoms with E-state index in [1.165, 1.54) is 13.0 Å². The van der Waals surface area contributed by atoms with Gasteiger partial charge in [-0.25, -0.2) is 0 Å². The highest BCUT2D eigenvalue weighted by molar-refractivity contribution is 5.96. The lowest BCUT2D eigenvalue weighted by molar-refractivity contribution is -0.120. The van der Waals surface area contributed by atoms with Crippen molar-refractivity contribution >= 4 is 23.3 Å². The number of aryl methyl sites for hydroxylation is 3. The van der Waals surface area contributed by atoms with Gasteiger partial charge in [-0.2, -0.15) is 5.10 Å². The molecule has 3 atom stereocenters. The summed E-state index contributed by atoms with van der Waals surface area (Å²) in [6.45, 7) is 7.30. The van der Waals surface area contributed by atoms with Gasteiger partial charge >= 0.3 is 0 Å². The zero-order valence-corrected chi connectivity index (χ0v) is 26.1. The Morgan fingerprint density at radius 1 is 1.09 bits per heavy atom. The summed E-state index contributed by atoms with van der Waals surface area (Å²) in [5.41, 5.74) is 3.89. The molecular weight excluding hydrogens is 550 g/mol. The highest BCUT2D eigenvalue weighted by Gasteiger charge is 2.30. The van der Waals surface area contributed by atoms with Crippen molar-refractivity contribution in [3.8, 4) is 28.4 Å². The molecule has 3 N–H and O–H groups in total. The van der Waals surface area contributed by atoms with Gasteiger partial charge in [0.1, 0.15) is 6.04 Å². The van der Waals surface area contributed by atoms with E-state index in [0.29, 0.717) is 53.5 Å². The number of amides is 2. The molecule has 230 valence electrons. The summed E-state index contributed by atoms with van der Waals surface area (Å²) in [5, 5.41) is 13.5. The SMILES string of the molecule is CC[C@H](C)[C@@H](Nc1ccc2c(cc1=O)[C@@H](NC(C)=O)CCc1cc(OC)c(OC)c(OC)c1-2)C(=O)Nc1cc(C)n(C)n1. The minimum atomic E-state index is -0.709. The number of hydrogen-bond acceptors (Lipinski definition) is 8. The lowest BCUT2D eigenvalue weighted by Gasteiger charge is -2.23. The van der Waals surface area contributed by atoms with Crippen LogP contribution in [0, 0.1) is 12.8 Å². The average Bonchev–Trinajstić information content (AvgIpc) is 3.11. The van der Waals surface area contributed by atoms with Crippen LogP contribution in [0.2, 0.25) is 0 Å². The predicted molar refractivity (Wildman–Crippen MR) is 166 cm³/mol. The Labute approximate surface area is 251 Å². The lowest BCUT2D eigenvalue weighted by atomic mass is 9.95. The first kappa shape index (κ1) is 31.4. The molecule has 43 heavy (non-hydrogen) atoms. The minimum Gasteiger partial charge on any atom is -0.493 e. The quantitative estimate of drug-likeness (QED) is 0.317. The van der Waals surface area contributed by atoms with Crippen LogP contribution in [-0.2, 0) is 23.1 Å². The van der Waals surface area contributed by atoms with Crippen LogP contribution in [0.1, 0.15) is 56.5 Å². The van der Waals surface area contributed by atoms with Gasteiger partial charge in [0.2, 0.25) is 23.0 Å². The fourth-order valence-corrected chi connectivity index (χ4v) is 5.52. The van der Waals surface area contributed by atoms with E-state index in [4.69, 9.17) is 14.2 Å². The molecule has 0 bridgehead atoms. The van der Waals surface area contributed by atoms with Crippen LogP contribution in [0.3, 0.4) is 0 Å². The molecule has 2 amide bonds. The molecule has 0 aliphatic heterocycles. The van der Waals surface area contributed by atoms with Crippen LogP contribution in [0.5, 0.6) is 17.2 Å². The molecule has 11 nitrogen and oxygen atoms in total. The molecule has 0 fully saturated rings. The second-order valence-corrected chi connectivity index (χ2v) is 10.9. The average molecular weight is 592 g/mol. The van der Waals surface area contributed by atoms with Crippen LogP contribution in [0.4, 0.5) is 11.5 Å². The molecule has 1 aromatic heterocycles. The van der Waals surface area contributed by atoms with E-state index in [9.17, 15) is 14.4 Å². The number of ether oxygens (including phenoxy) is 3. The molecule has 0 saturated carbocycles. The van der Waals surface area contributed by atoms with E-state index in [0.717, 1.165) is 16.8 Å². The monoisotopic (exact) mass is 591 g/mol. The van der Waals surface area contributed by atoms with Gasteiger partial charge in [-0.3, -0.25) is 19.1 Å². The fourth-order valence-electron chi connectivity index (χ4n) is 5.52. The van der Waals surface area contributed by atoms with E-state index in [1.54, 1.807) is 45.2 Å². The van der Waals surface area contributed by atoms with Crippen LogP contribution in [0.25, 0.3) is 11.1 Å². The molecule has 2 aromatic carbocycles. The summed E-state index contributed by atoms with van der Waals surface area (Å²) in [4.78, 5) is 39.5. The summed E-state index contributed by atoms with van der Waals surface area (Å²) >= 11 is 0. The lowest BCUT2D eigenvalue weighted by Crippen LogP contribution is -2.40. The third-order valence-corrected chi connectivity index (χ3v) is 8.09. The van der Waals surface area contributed by atoms with Crippen LogP contribution < -0.4 is 35.6 Å². The summed E-state index contributed by atoms with van der Waals surface area (Å²) in [5.74, 6) is 1.27. The molecule has 0 saturated heterocycles. The third kappa shape index (κ3) is 6.45. The molecule has 4 rings (SSSR count). The van der Waals surface area contributed by atoms with Gasteiger partial charge in [0, 0.05) is 31.3 Å². The molecule has 1 aliphatic rings. The summed E-state index contributed by atoms with van der Waals surface area (Å²) in [7, 11) is 6.47. The van der Waals surface area contributed by atoms with E-state index in [2.05, 4.69) is 21.0 Å². The smallest absolute Gasteiger partial charge is 0.248 e. The number of fused-ring (bicyclic) bond motifs is 3. The van der Waals surface area contributed by atoms with Crippen molar-refractivity contribution in [1.29, 1.82) is 0 Å². The maximum absolute atomic E-state index is 13.8. The summed E-state index contributed by atoms with van der Waals surface area (Å²) < 4.78 is 18.8. The molecule has 1 aliphatic carbocycles. The standard InChI is InChI=1S/C32H41N5O6/c1-9-17(2)29(32(40)35-27-14-18(3)37(5)36-27)34-24-13-11-21-22(16-25(24)39)23(33-19(4)38)12-10-20-15-26(41-6)30(42-7)31(43-8)28(20)21/h11,13-17,23,29H,9-10,12H2,1-8H3,(H,33,38)(H,34,39)(H,35,36,40)/t17-,23-,29+/m0/s1. The first-order valence-corrected chi connectivity index (χ1v) is 14.4. The third-order valence-electron chi connectivity index (χ3n) is 8.09. The maximum atomic E-state index is 13.8. The van der Waals surface area contributed by atoms with Gasteiger partial charge in [0.05, 0.1) is 33.1 Å². The van der Waals surface area contributed by atoms with Gasteiger partial charge in [-0.15, -0.1) is 0 Å². The normalized spacial score (nSPS) is 15.2. The van der Waals surface area contributed by atoms with E-state index in [1.807, 2.05) is 32.9 Å². The van der Waals surface area contributed by atoms with E-state index in [-0.39, 0.29) is 28.8 Å². The van der Waals surface area contributed by atoms with Crippen LogP contribution in [-0.4, -0.2) is 49.0 Å². The largest absolute Gasteiger partial charge is 0.493 e. The first-order valence-electron chi connectivity index (χ1n) is 14.4. The molecule has 1 heterocycles. The zero-order chi connectivity index (χ0) is 31.4. The maximum Gasteiger partial charge on any atom is 0.248 e. The van der Waals surface area contributed by atoms with Gasteiger partial charge in [-0.05, 0) is 60.6 Å². The van der Waals surface area contributed by atoms with Gasteiger partial charge < -0.3 is 30.2 Å². The van der Waals surface area contributed by atoms with E-state index < -0.39 is 12.1 Å². The first-order chi connectivity index (χ1) is 20.5. The van der Waals surface area contributed by atoms with Crippen molar-refractivity contribution in [2.45, 2.75) is 59.0 Å². The van der Waals surface area contributed by atoms with Crippen molar-refractivity contribution in [2.75, 3.05) is 32.0 Å². The van der Waals surface area contributed by atoms with Crippen molar-refractivity contribution < 1.29 is 23.8 Å². The number of aromatic nitrogens is 2. The predicted octanol–water partition coefficient (Wildman–Crippen LogP) is 4.37. The van der Waals surface area contributed by atoms with Crippen LogP contribution >= 0.6 is 0 Å². The Hall–Kier alpha value is -4.54. The van der Waals surface area contributed by atoms with Crippen molar-refractivity contribution in [3.05, 3.63) is 57.4 Å². The number of benzene rings is 1. The Morgan fingerprint density at radius 2 is 1.81 bits per heavy atom. The van der Waals surface area contributed by atoms with Gasteiger partial charge in [0.15, 0.2) is 17.3 Å². The molecular formula is C32H41N5O6. The van der Waals surface area contributed by atoms with Gasteiger partial charge in [0.25, 0.3) is 0 Å². The Balaban J connectivity index is 1.86. The number of methoxy groups -OCH3 is 3. The Kier molecular flexibility index (Phi) is 9.63. The number of anilines is 2. The van der Waals surface area contributed by atoms with Crippen molar-refractivity contribution in [2.24, 2.45) is 13.0 Å². The highest BCUT2D eigenvalue weighted by atomic mass is 16.5. The number of hydrogen-bond donors (Lipinski definition) is 3. The summed E-state index contributed by atoms with van der Waals surface area (Å²) in [6.07, 6.45) is 1.84. The molecule has 0 unspecified atom stereocenters. The summed E-state index contributed by atoms with van der Waals surface area (Å²) in [6, 6.07) is 7.61. The molecule has 0 radical (unpaired) electrons. The molecule has 0 spiro atoms. The van der Waals surface area contributed by atoms with E-state index >= 15 is 0 Å². The van der Waals surface area contributed by atoms with Gasteiger partial charge in [-0.1, -0.05) is 26.3 Å². The minimum absolute atomic E-state index is 0.0998. The van der Waals surface area contributed by atoms with Crippen molar-refractivity contribution in [3.63, 3.8) is 0 Å². The number of carbonyl (C=O) groups is 2. The molecule has 3 aromatic rings. The number of nitrogens with one attached hydrogen (secondary N) is 3. The Morgan fingerprint density at radius 3 is 2.40 bits per heavy atom. The number of nitrogens with zero attached hydrogens (tertiary/aromatic N) is 2. The second-order valence-electron chi connectivity index (χ2n) is 10.9. The van der Waals surface area contributed by atoms with Crippen molar-refractivity contribution in [1.82, 2.24) is 15.1 Å². The zero-order valence-electron chi connectivity index (χ0n) is 26.1. The molecule has 11 heteroatoms. The Bertz CT molecular complexity index is 1560. The van der Waals surface area contributed by atoms with Crippen LogP contribution in [0.15, 0.2) is 35.1 Å². The second kappa shape index (κ2) is 13.2. The number of carbonyl (C=O) groups excluding carboxylic acids is 2. The fraction of sp³-hybridized carbons (Fsp3) is 0.438. The highest BCUT2D eigenvalue weighted by Crippen LogP contribution is 2.50.